The zero-order chi connectivity index (χ0) is 16.2. The number of carbonyl (C=O) groups excluding carboxylic acids is 1. The molecule has 0 unspecified atom stereocenters. The van der Waals surface area contributed by atoms with E-state index in [0.717, 1.165) is 22.5 Å². The van der Waals surface area contributed by atoms with Crippen LogP contribution in [0.25, 0.3) is 5.65 Å². The number of carbonyl (C=O) groups is 1. The number of pyridine rings is 1. The summed E-state index contributed by atoms with van der Waals surface area (Å²) >= 11 is 0. The molecule has 0 aliphatic rings. The predicted octanol–water partition coefficient (Wildman–Crippen LogP) is 1.91. The molecule has 0 aliphatic heterocycles. The summed E-state index contributed by atoms with van der Waals surface area (Å²) in [6.07, 6.45) is 2.14. The number of fused-ring (bicyclic) bond motifs is 1. The number of nitrogens with one attached hydrogen (secondary N) is 1. The predicted molar refractivity (Wildman–Crippen MR) is 86.3 cm³/mol. The average molecular weight is 310 g/mol. The molecule has 0 bridgehead atoms. The fraction of sp³-hybridized carbons (Fsp3) is 0.235. The summed E-state index contributed by atoms with van der Waals surface area (Å²) in [7, 11) is 1.61. The zero-order valence-corrected chi connectivity index (χ0v) is 13.1. The van der Waals surface area contributed by atoms with Crippen LogP contribution in [0.3, 0.4) is 0 Å². The second kappa shape index (κ2) is 6.48. The molecular weight excluding hydrogens is 292 g/mol. The third-order valence-corrected chi connectivity index (χ3v) is 3.61. The molecular formula is C17H18N4O2. The van der Waals surface area contributed by atoms with Crippen LogP contribution in [0, 0.1) is 6.92 Å². The van der Waals surface area contributed by atoms with Gasteiger partial charge in [0.25, 0.3) is 0 Å². The van der Waals surface area contributed by atoms with Gasteiger partial charge in [-0.3, -0.25) is 9.20 Å². The van der Waals surface area contributed by atoms with E-state index in [9.17, 15) is 4.79 Å². The minimum absolute atomic E-state index is 0.0819. The lowest BCUT2D eigenvalue weighted by atomic mass is 10.1. The highest BCUT2D eigenvalue weighted by atomic mass is 16.5. The third-order valence-electron chi connectivity index (χ3n) is 3.61. The largest absolute Gasteiger partial charge is 0.496 e. The summed E-state index contributed by atoms with van der Waals surface area (Å²) in [5.74, 6) is 1.34. The van der Waals surface area contributed by atoms with Crippen LogP contribution in [0.1, 0.15) is 17.0 Å². The highest BCUT2D eigenvalue weighted by Crippen LogP contribution is 2.20. The van der Waals surface area contributed by atoms with Gasteiger partial charge in [-0.25, -0.2) is 0 Å². The van der Waals surface area contributed by atoms with Gasteiger partial charge in [-0.15, -0.1) is 10.2 Å². The molecule has 0 saturated carbocycles. The second-order valence-electron chi connectivity index (χ2n) is 5.31. The van der Waals surface area contributed by atoms with Gasteiger partial charge < -0.3 is 10.1 Å². The third kappa shape index (κ3) is 3.31. The molecule has 0 saturated heterocycles. The van der Waals surface area contributed by atoms with Gasteiger partial charge in [-0.2, -0.15) is 0 Å². The first-order chi connectivity index (χ1) is 11.2. The number of methoxy groups -OCH3 is 1. The number of nitrogens with zero attached hydrogens (tertiary/aromatic N) is 3. The van der Waals surface area contributed by atoms with E-state index in [2.05, 4.69) is 15.5 Å². The van der Waals surface area contributed by atoms with Crippen molar-refractivity contribution in [2.45, 2.75) is 19.9 Å². The summed E-state index contributed by atoms with van der Waals surface area (Å²) < 4.78 is 7.16. The number of benzene rings is 1. The summed E-state index contributed by atoms with van der Waals surface area (Å²) in [5.41, 5.74) is 2.73. The van der Waals surface area contributed by atoms with E-state index in [1.165, 1.54) is 0 Å². The molecule has 0 aliphatic carbocycles. The summed E-state index contributed by atoms with van der Waals surface area (Å²) in [4.78, 5) is 12.2. The number of aromatic nitrogens is 3. The van der Waals surface area contributed by atoms with E-state index >= 15 is 0 Å². The maximum Gasteiger partial charge on any atom is 0.224 e. The Balaban J connectivity index is 1.67. The molecule has 1 amide bonds. The monoisotopic (exact) mass is 310 g/mol. The maximum atomic E-state index is 12.2. The van der Waals surface area contributed by atoms with Gasteiger partial charge in [0.2, 0.25) is 5.91 Å². The van der Waals surface area contributed by atoms with Crippen LogP contribution in [0.5, 0.6) is 5.75 Å². The number of ether oxygens (including phenoxy) is 1. The average Bonchev–Trinajstić information content (AvgIpc) is 2.96. The Morgan fingerprint density at radius 3 is 2.96 bits per heavy atom. The number of hydrogen-bond donors (Lipinski definition) is 1. The van der Waals surface area contributed by atoms with Crippen molar-refractivity contribution in [2.24, 2.45) is 0 Å². The van der Waals surface area contributed by atoms with Crippen LogP contribution in [0.15, 0.2) is 42.6 Å². The smallest absolute Gasteiger partial charge is 0.224 e. The van der Waals surface area contributed by atoms with Crippen molar-refractivity contribution >= 4 is 11.6 Å². The van der Waals surface area contributed by atoms with E-state index in [1.54, 1.807) is 7.11 Å². The van der Waals surface area contributed by atoms with Crippen LogP contribution >= 0.6 is 0 Å². The van der Waals surface area contributed by atoms with E-state index < -0.39 is 0 Å². The molecule has 6 nitrogen and oxygen atoms in total. The van der Waals surface area contributed by atoms with Crippen molar-refractivity contribution in [3.8, 4) is 5.75 Å². The van der Waals surface area contributed by atoms with Crippen LogP contribution in [0.4, 0.5) is 0 Å². The van der Waals surface area contributed by atoms with Crippen molar-refractivity contribution in [1.82, 2.24) is 19.9 Å². The molecule has 3 aromatic rings. The van der Waals surface area contributed by atoms with Gasteiger partial charge in [0.05, 0.1) is 20.1 Å². The zero-order valence-electron chi connectivity index (χ0n) is 13.1. The molecule has 0 fully saturated rings. The van der Waals surface area contributed by atoms with Crippen LogP contribution < -0.4 is 10.1 Å². The lowest BCUT2D eigenvalue weighted by molar-refractivity contribution is -0.120. The van der Waals surface area contributed by atoms with Crippen molar-refractivity contribution in [3.63, 3.8) is 0 Å². The van der Waals surface area contributed by atoms with Crippen LogP contribution in [0.2, 0.25) is 0 Å². The summed E-state index contributed by atoms with van der Waals surface area (Å²) in [5, 5.41) is 11.0. The number of hydrogen-bond acceptors (Lipinski definition) is 4. The Bertz CT molecular complexity index is 841. The van der Waals surface area contributed by atoms with Gasteiger partial charge >= 0.3 is 0 Å². The van der Waals surface area contributed by atoms with Gasteiger partial charge in [-0.05, 0) is 25.1 Å². The Morgan fingerprint density at radius 1 is 1.26 bits per heavy atom. The van der Waals surface area contributed by atoms with E-state index in [1.807, 2.05) is 53.9 Å². The molecule has 0 atom stereocenters. The quantitative estimate of drug-likeness (QED) is 0.781. The molecule has 0 radical (unpaired) electrons. The molecule has 2 aromatic heterocycles. The van der Waals surface area contributed by atoms with Crippen molar-refractivity contribution in [1.29, 1.82) is 0 Å². The first-order valence-electron chi connectivity index (χ1n) is 7.36. The molecule has 3 rings (SSSR count). The highest BCUT2D eigenvalue weighted by Gasteiger charge is 2.11. The van der Waals surface area contributed by atoms with Crippen molar-refractivity contribution in [2.75, 3.05) is 7.11 Å². The second-order valence-corrected chi connectivity index (χ2v) is 5.31. The van der Waals surface area contributed by atoms with E-state index in [0.29, 0.717) is 12.4 Å². The van der Waals surface area contributed by atoms with Crippen LogP contribution in [-0.2, 0) is 17.8 Å². The molecule has 6 heteroatoms. The van der Waals surface area contributed by atoms with Gasteiger partial charge in [-0.1, -0.05) is 23.8 Å². The number of rotatable bonds is 5. The minimum atomic E-state index is -0.0819. The van der Waals surface area contributed by atoms with E-state index in [-0.39, 0.29) is 12.3 Å². The Hall–Kier alpha value is -2.89. The topological polar surface area (TPSA) is 68.5 Å². The van der Waals surface area contributed by atoms with E-state index in [4.69, 9.17) is 4.74 Å². The molecule has 1 N–H and O–H groups in total. The molecule has 2 heterocycles. The maximum absolute atomic E-state index is 12.2. The standard InChI is InChI=1S/C17H18N4O2/c1-12-6-7-14(23-2)13(9-12)10-17(22)18-11-16-20-19-15-5-3-4-8-21(15)16/h3-9H,10-11H2,1-2H3,(H,18,22). The molecule has 1 aromatic carbocycles. The van der Waals surface area contributed by atoms with Crippen molar-refractivity contribution < 1.29 is 9.53 Å². The Morgan fingerprint density at radius 2 is 2.13 bits per heavy atom. The normalized spacial score (nSPS) is 10.7. The minimum Gasteiger partial charge on any atom is -0.496 e. The Kier molecular flexibility index (Phi) is 4.23. The van der Waals surface area contributed by atoms with Gasteiger partial charge in [0.1, 0.15) is 5.75 Å². The first kappa shape index (κ1) is 15.0. The summed E-state index contributed by atoms with van der Waals surface area (Å²) in [6.45, 7) is 2.32. The molecule has 23 heavy (non-hydrogen) atoms. The van der Waals surface area contributed by atoms with Gasteiger partial charge in [0.15, 0.2) is 11.5 Å². The highest BCUT2D eigenvalue weighted by molar-refractivity contribution is 5.79. The first-order valence-corrected chi connectivity index (χ1v) is 7.36. The van der Waals surface area contributed by atoms with Crippen molar-refractivity contribution in [3.05, 3.63) is 59.5 Å². The number of amides is 1. The van der Waals surface area contributed by atoms with Gasteiger partial charge in [0, 0.05) is 11.8 Å². The lowest BCUT2D eigenvalue weighted by Crippen LogP contribution is -2.25. The Labute approximate surface area is 134 Å². The molecule has 0 spiro atoms. The lowest BCUT2D eigenvalue weighted by Gasteiger charge is -2.09. The fourth-order valence-corrected chi connectivity index (χ4v) is 2.47. The molecule has 118 valence electrons. The number of aryl methyl sites for hydroxylation is 1. The SMILES string of the molecule is COc1ccc(C)cc1CC(=O)NCc1nnc2ccccn12. The fourth-order valence-electron chi connectivity index (χ4n) is 2.47. The summed E-state index contributed by atoms with van der Waals surface area (Å²) in [6, 6.07) is 11.5. The van der Waals surface area contributed by atoms with Crippen LogP contribution in [-0.4, -0.2) is 27.6 Å².